The van der Waals surface area contributed by atoms with E-state index in [1.807, 2.05) is 0 Å². The first-order valence-corrected chi connectivity index (χ1v) is 7.44. The topological polar surface area (TPSA) is 54.5 Å². The maximum absolute atomic E-state index is 11.4. The Hall–Kier alpha value is -0.780. The van der Waals surface area contributed by atoms with Crippen LogP contribution in [0, 0.1) is 0 Å². The molecular formula is C10H9Cl2NO3S. The van der Waals surface area contributed by atoms with Crippen LogP contribution in [-0.2, 0) is 19.6 Å². The van der Waals surface area contributed by atoms with Gasteiger partial charge in [-0.1, -0.05) is 29.8 Å². The number of rotatable bonds is 2. The van der Waals surface area contributed by atoms with Crippen LogP contribution in [0.5, 0.6) is 0 Å². The minimum absolute atomic E-state index is 0.0721. The fourth-order valence-corrected chi connectivity index (χ4v) is 4.07. The number of carbonyl (C=O) groups is 1. The molecule has 2 rings (SSSR count). The smallest absolute Gasteiger partial charge is 0.274 e. The van der Waals surface area contributed by atoms with Crippen molar-refractivity contribution in [3.8, 4) is 0 Å². The second kappa shape index (κ2) is 3.86. The lowest BCUT2D eigenvalue weighted by Crippen LogP contribution is -2.60. The maximum Gasteiger partial charge on any atom is 0.324 e. The highest BCUT2D eigenvalue weighted by Crippen LogP contribution is 2.46. The van der Waals surface area contributed by atoms with Gasteiger partial charge in [-0.15, -0.1) is 0 Å². The van der Waals surface area contributed by atoms with E-state index in [4.69, 9.17) is 22.3 Å². The first-order valence-electron chi connectivity index (χ1n) is 4.79. The van der Waals surface area contributed by atoms with Gasteiger partial charge in [-0.25, -0.2) is 4.31 Å². The van der Waals surface area contributed by atoms with Crippen molar-refractivity contribution in [2.24, 2.45) is 0 Å². The van der Waals surface area contributed by atoms with Crippen LogP contribution in [0.4, 0.5) is 0 Å². The molecule has 0 N–H and O–H groups in total. The van der Waals surface area contributed by atoms with Gasteiger partial charge in [-0.2, -0.15) is 8.42 Å². The number of carbonyl (C=O) groups excluding carboxylic acids is 1. The van der Waals surface area contributed by atoms with Crippen molar-refractivity contribution >= 4 is 37.4 Å². The summed E-state index contributed by atoms with van der Waals surface area (Å²) in [4.78, 5) is 11.4. The maximum atomic E-state index is 11.4. The lowest BCUT2D eigenvalue weighted by atomic mass is 9.82. The van der Waals surface area contributed by atoms with E-state index in [1.54, 1.807) is 31.2 Å². The highest BCUT2D eigenvalue weighted by atomic mass is 35.7. The average molecular weight is 294 g/mol. The van der Waals surface area contributed by atoms with E-state index in [1.165, 1.54) is 0 Å². The first-order chi connectivity index (χ1) is 7.77. The number of benzene rings is 1. The number of halogens is 2. The van der Waals surface area contributed by atoms with E-state index < -0.39 is 20.7 Å². The zero-order valence-electron chi connectivity index (χ0n) is 8.85. The number of β-lactam (4-membered cyclic amide) rings is 1. The summed E-state index contributed by atoms with van der Waals surface area (Å²) < 4.78 is 23.4. The molecule has 0 aliphatic carbocycles. The molecule has 1 heterocycles. The van der Waals surface area contributed by atoms with Crippen molar-refractivity contribution in [1.82, 2.24) is 4.31 Å². The second-order valence-corrected chi connectivity index (χ2v) is 6.80. The Balaban J connectivity index is 2.53. The molecule has 1 atom stereocenters. The first kappa shape index (κ1) is 12.7. The van der Waals surface area contributed by atoms with Crippen molar-refractivity contribution in [1.29, 1.82) is 0 Å². The molecule has 1 aliphatic heterocycles. The Morgan fingerprint density at radius 2 is 1.94 bits per heavy atom. The molecule has 0 radical (unpaired) electrons. The van der Waals surface area contributed by atoms with Crippen LogP contribution < -0.4 is 0 Å². The lowest BCUT2D eigenvalue weighted by Gasteiger charge is -2.47. The van der Waals surface area contributed by atoms with Gasteiger partial charge in [0.25, 0.3) is 0 Å². The highest BCUT2D eigenvalue weighted by molar-refractivity contribution is 8.12. The fourth-order valence-electron chi connectivity index (χ4n) is 2.09. The molecular weight excluding hydrogens is 285 g/mol. The van der Waals surface area contributed by atoms with E-state index in [0.29, 0.717) is 14.9 Å². The molecule has 17 heavy (non-hydrogen) atoms. The highest BCUT2D eigenvalue weighted by Gasteiger charge is 2.55. The van der Waals surface area contributed by atoms with Gasteiger partial charge < -0.3 is 0 Å². The van der Waals surface area contributed by atoms with Gasteiger partial charge in [0.15, 0.2) is 0 Å². The molecule has 0 saturated carbocycles. The second-order valence-electron chi connectivity index (χ2n) is 4.03. The SMILES string of the molecule is CC1(c2ccccc2Cl)CC(=O)N1S(=O)(=O)Cl. The molecule has 1 aromatic carbocycles. The van der Waals surface area contributed by atoms with Crippen molar-refractivity contribution < 1.29 is 13.2 Å². The Morgan fingerprint density at radius 3 is 2.41 bits per heavy atom. The quantitative estimate of drug-likeness (QED) is 0.621. The van der Waals surface area contributed by atoms with Crippen molar-refractivity contribution in [2.45, 2.75) is 18.9 Å². The van der Waals surface area contributed by atoms with Gasteiger partial charge in [-0.3, -0.25) is 4.79 Å². The third kappa shape index (κ3) is 1.92. The Kier molecular flexibility index (Phi) is 2.88. The predicted octanol–water partition coefficient (Wildman–Crippen LogP) is 2.27. The van der Waals surface area contributed by atoms with Crippen LogP contribution in [0.3, 0.4) is 0 Å². The van der Waals surface area contributed by atoms with Crippen molar-refractivity contribution in [2.75, 3.05) is 0 Å². The Labute approximate surface area is 109 Å². The predicted molar refractivity (Wildman–Crippen MR) is 65.0 cm³/mol. The Bertz CT molecular complexity index is 587. The third-order valence-corrected chi connectivity index (χ3v) is 4.63. The third-order valence-electron chi connectivity index (χ3n) is 2.84. The molecule has 1 aromatic rings. The Morgan fingerprint density at radius 1 is 1.35 bits per heavy atom. The summed E-state index contributed by atoms with van der Waals surface area (Å²) in [5.74, 6) is -0.526. The van der Waals surface area contributed by atoms with Gasteiger partial charge in [0.05, 0.1) is 12.0 Å². The zero-order valence-corrected chi connectivity index (χ0v) is 11.2. The number of amides is 1. The standard InChI is InChI=1S/C10H9Cl2NO3S/c1-10(7-4-2-3-5-8(7)11)6-9(14)13(10)17(12,15)16/h2-5H,6H2,1H3. The summed E-state index contributed by atoms with van der Waals surface area (Å²) >= 11 is 6.01. The molecule has 0 bridgehead atoms. The largest absolute Gasteiger partial charge is 0.324 e. The molecule has 1 fully saturated rings. The summed E-state index contributed by atoms with van der Waals surface area (Å²) in [5.41, 5.74) is -0.416. The van der Waals surface area contributed by atoms with Gasteiger partial charge >= 0.3 is 9.24 Å². The molecule has 4 nitrogen and oxygen atoms in total. The summed E-state index contributed by atoms with van der Waals surface area (Å²) in [6.07, 6.45) is 0.0721. The van der Waals surface area contributed by atoms with Crippen LogP contribution in [-0.4, -0.2) is 18.6 Å². The molecule has 92 valence electrons. The minimum Gasteiger partial charge on any atom is -0.274 e. The number of hydrogen-bond donors (Lipinski definition) is 0. The molecule has 7 heteroatoms. The van der Waals surface area contributed by atoms with Crippen LogP contribution in [0.15, 0.2) is 24.3 Å². The molecule has 1 saturated heterocycles. The molecule has 0 spiro atoms. The molecule has 0 aromatic heterocycles. The average Bonchev–Trinajstić information content (AvgIpc) is 2.14. The zero-order chi connectivity index (χ0) is 12.8. The fraction of sp³-hybridized carbons (Fsp3) is 0.300. The summed E-state index contributed by atoms with van der Waals surface area (Å²) in [6, 6.07) is 6.79. The molecule has 1 amide bonds. The van der Waals surface area contributed by atoms with Crippen molar-refractivity contribution in [3.63, 3.8) is 0 Å². The number of hydrogen-bond acceptors (Lipinski definition) is 3. The lowest BCUT2D eigenvalue weighted by molar-refractivity contribution is -0.144. The van der Waals surface area contributed by atoms with E-state index in [2.05, 4.69) is 0 Å². The van der Waals surface area contributed by atoms with Gasteiger partial charge in [-0.05, 0) is 18.6 Å². The minimum atomic E-state index is -4.09. The van der Waals surface area contributed by atoms with Crippen LogP contribution in [0.25, 0.3) is 0 Å². The monoisotopic (exact) mass is 293 g/mol. The normalized spacial score (nSPS) is 24.6. The summed E-state index contributed by atoms with van der Waals surface area (Å²) in [5, 5.41) is 0.410. The summed E-state index contributed by atoms with van der Waals surface area (Å²) in [6.45, 7) is 1.62. The van der Waals surface area contributed by atoms with Gasteiger partial charge in [0, 0.05) is 15.7 Å². The van der Waals surface area contributed by atoms with Crippen LogP contribution in [0.1, 0.15) is 18.9 Å². The van der Waals surface area contributed by atoms with E-state index in [9.17, 15) is 13.2 Å². The van der Waals surface area contributed by atoms with Gasteiger partial charge in [0.1, 0.15) is 0 Å². The van der Waals surface area contributed by atoms with Gasteiger partial charge in [0.2, 0.25) is 5.91 Å². The van der Waals surface area contributed by atoms with Crippen LogP contribution in [0.2, 0.25) is 5.02 Å². The van der Waals surface area contributed by atoms with E-state index in [0.717, 1.165) is 0 Å². The van der Waals surface area contributed by atoms with Crippen molar-refractivity contribution in [3.05, 3.63) is 34.9 Å². The number of nitrogens with zero attached hydrogens (tertiary/aromatic N) is 1. The van der Waals surface area contributed by atoms with E-state index in [-0.39, 0.29) is 6.42 Å². The molecule has 1 aliphatic rings. The van der Waals surface area contributed by atoms with E-state index >= 15 is 0 Å². The van der Waals surface area contributed by atoms with Crippen LogP contribution >= 0.6 is 22.3 Å². The summed E-state index contributed by atoms with van der Waals surface area (Å²) in [7, 11) is 1.16. The molecule has 1 unspecified atom stereocenters.